The zero-order chi connectivity index (χ0) is 15.4. The Morgan fingerprint density at radius 2 is 2.14 bits per heavy atom. The van der Waals surface area contributed by atoms with Crippen LogP contribution in [0.15, 0.2) is 24.3 Å². The molecular formula is C16H24N2O2S. The van der Waals surface area contributed by atoms with E-state index in [0.29, 0.717) is 5.25 Å². The molecule has 1 heterocycles. The van der Waals surface area contributed by atoms with Gasteiger partial charge in [-0.2, -0.15) is 11.8 Å². The number of hydrogen-bond acceptors (Lipinski definition) is 4. The molecule has 0 bridgehead atoms. The normalized spacial score (nSPS) is 23.4. The minimum absolute atomic E-state index is 0.0993. The van der Waals surface area contributed by atoms with E-state index in [-0.39, 0.29) is 18.1 Å². The summed E-state index contributed by atoms with van der Waals surface area (Å²) in [5, 5.41) is 3.92. The maximum absolute atomic E-state index is 12.4. The number of hydrogen-bond donors (Lipinski definition) is 1. The van der Waals surface area contributed by atoms with E-state index in [4.69, 9.17) is 4.74 Å². The first-order valence-corrected chi connectivity index (χ1v) is 8.59. The molecule has 0 radical (unpaired) electrons. The maximum atomic E-state index is 12.4. The third-order valence-corrected chi connectivity index (χ3v) is 5.03. The number of rotatable bonds is 6. The Morgan fingerprint density at radius 1 is 1.43 bits per heavy atom. The molecule has 0 saturated carbocycles. The minimum Gasteiger partial charge on any atom is -0.496 e. The molecule has 4 nitrogen and oxygen atoms in total. The van der Waals surface area contributed by atoms with Crippen LogP contribution in [-0.4, -0.2) is 42.0 Å². The second-order valence-electron chi connectivity index (χ2n) is 5.40. The number of para-hydroxylation sites is 1. The lowest BCUT2D eigenvalue weighted by molar-refractivity contribution is -0.129. The molecule has 116 valence electrons. The average Bonchev–Trinajstić information content (AvgIpc) is 2.80. The van der Waals surface area contributed by atoms with Crippen LogP contribution < -0.4 is 10.1 Å². The number of amides is 1. The van der Waals surface area contributed by atoms with Gasteiger partial charge in [-0.25, -0.2) is 0 Å². The van der Waals surface area contributed by atoms with E-state index in [1.54, 1.807) is 7.11 Å². The Bertz CT molecular complexity index is 495. The molecule has 2 rings (SSSR count). The van der Waals surface area contributed by atoms with Crippen molar-refractivity contribution < 1.29 is 9.53 Å². The number of thioether (sulfide) groups is 1. The molecule has 1 aliphatic heterocycles. The van der Waals surface area contributed by atoms with Crippen molar-refractivity contribution in [3.63, 3.8) is 0 Å². The monoisotopic (exact) mass is 308 g/mol. The van der Waals surface area contributed by atoms with Crippen molar-refractivity contribution in [1.82, 2.24) is 10.2 Å². The minimum atomic E-state index is -0.149. The lowest BCUT2D eigenvalue weighted by Gasteiger charge is -2.26. The molecular weight excluding hydrogens is 284 g/mol. The third kappa shape index (κ3) is 3.52. The van der Waals surface area contributed by atoms with Gasteiger partial charge in [-0.1, -0.05) is 25.1 Å². The highest BCUT2D eigenvalue weighted by Crippen LogP contribution is 2.32. The number of ether oxygens (including phenoxy) is 1. The second-order valence-corrected chi connectivity index (χ2v) is 6.68. The van der Waals surface area contributed by atoms with Gasteiger partial charge < -0.3 is 9.64 Å². The SMILES string of the molecule is COc1ccccc1C1NC(C)C(=O)N1CCC(C)SC. The fraction of sp³-hybridized carbons (Fsp3) is 0.562. The van der Waals surface area contributed by atoms with Crippen LogP contribution in [-0.2, 0) is 4.79 Å². The van der Waals surface area contributed by atoms with Crippen molar-refractivity contribution in [2.75, 3.05) is 19.9 Å². The van der Waals surface area contributed by atoms with E-state index in [9.17, 15) is 4.79 Å². The Kier molecular flexibility index (Phi) is 5.53. The van der Waals surface area contributed by atoms with Gasteiger partial charge in [-0.15, -0.1) is 0 Å². The van der Waals surface area contributed by atoms with Crippen molar-refractivity contribution in [1.29, 1.82) is 0 Å². The number of nitrogens with zero attached hydrogens (tertiary/aromatic N) is 1. The summed E-state index contributed by atoms with van der Waals surface area (Å²) < 4.78 is 5.44. The Labute approximate surface area is 131 Å². The fourth-order valence-corrected chi connectivity index (χ4v) is 2.94. The molecule has 1 N–H and O–H groups in total. The fourth-order valence-electron chi connectivity index (χ4n) is 2.60. The van der Waals surface area contributed by atoms with Crippen LogP contribution in [0.3, 0.4) is 0 Å². The standard InChI is InChI=1S/C16H24N2O2S/c1-11(21-4)9-10-18-15(17-12(2)16(18)19)13-7-5-6-8-14(13)20-3/h5-8,11-12,15,17H,9-10H2,1-4H3. The van der Waals surface area contributed by atoms with Gasteiger partial charge in [0.25, 0.3) is 0 Å². The lowest BCUT2D eigenvalue weighted by atomic mass is 10.1. The van der Waals surface area contributed by atoms with Crippen LogP contribution in [0, 0.1) is 0 Å². The van der Waals surface area contributed by atoms with Crippen LogP contribution in [0.1, 0.15) is 32.0 Å². The van der Waals surface area contributed by atoms with Crippen molar-refractivity contribution in [2.45, 2.75) is 37.7 Å². The van der Waals surface area contributed by atoms with E-state index in [1.165, 1.54) is 0 Å². The van der Waals surface area contributed by atoms with Crippen LogP contribution >= 0.6 is 11.8 Å². The number of benzene rings is 1. The number of nitrogens with one attached hydrogen (secondary N) is 1. The molecule has 1 aromatic carbocycles. The summed E-state index contributed by atoms with van der Waals surface area (Å²) in [6.45, 7) is 4.88. The van der Waals surface area contributed by atoms with Gasteiger partial charge in [0.2, 0.25) is 5.91 Å². The van der Waals surface area contributed by atoms with Crippen LogP contribution in [0.25, 0.3) is 0 Å². The van der Waals surface area contributed by atoms with Crippen LogP contribution in [0.2, 0.25) is 0 Å². The van der Waals surface area contributed by atoms with Gasteiger partial charge in [-0.3, -0.25) is 10.1 Å². The van der Waals surface area contributed by atoms with E-state index in [1.807, 2.05) is 47.9 Å². The molecule has 1 amide bonds. The average molecular weight is 308 g/mol. The molecule has 1 aromatic rings. The van der Waals surface area contributed by atoms with Crippen LogP contribution in [0.4, 0.5) is 0 Å². The Hall–Kier alpha value is -1.20. The summed E-state index contributed by atoms with van der Waals surface area (Å²) in [4.78, 5) is 14.3. The molecule has 21 heavy (non-hydrogen) atoms. The number of carbonyl (C=O) groups is 1. The largest absolute Gasteiger partial charge is 0.496 e. The molecule has 0 aromatic heterocycles. The van der Waals surface area contributed by atoms with Crippen LogP contribution in [0.5, 0.6) is 5.75 Å². The van der Waals surface area contributed by atoms with Crippen molar-refractivity contribution in [3.8, 4) is 5.75 Å². The van der Waals surface area contributed by atoms with Gasteiger partial charge in [0.15, 0.2) is 0 Å². The lowest BCUT2D eigenvalue weighted by Crippen LogP contribution is -2.32. The maximum Gasteiger partial charge on any atom is 0.241 e. The predicted molar refractivity (Wildman–Crippen MR) is 87.6 cm³/mol. The number of carbonyl (C=O) groups excluding carboxylic acids is 1. The molecule has 1 fully saturated rings. The molecule has 1 saturated heterocycles. The predicted octanol–water partition coefficient (Wildman–Crippen LogP) is 2.66. The highest BCUT2D eigenvalue weighted by atomic mass is 32.2. The van der Waals surface area contributed by atoms with E-state index in [2.05, 4.69) is 18.5 Å². The first kappa shape index (κ1) is 16.2. The van der Waals surface area contributed by atoms with Crippen molar-refractivity contribution in [2.24, 2.45) is 0 Å². The summed E-state index contributed by atoms with van der Waals surface area (Å²) in [5.74, 6) is 0.985. The smallest absolute Gasteiger partial charge is 0.241 e. The third-order valence-electron chi connectivity index (χ3n) is 3.99. The van der Waals surface area contributed by atoms with E-state index in [0.717, 1.165) is 24.3 Å². The van der Waals surface area contributed by atoms with Gasteiger partial charge in [0.1, 0.15) is 11.9 Å². The summed E-state index contributed by atoms with van der Waals surface area (Å²) >= 11 is 1.83. The topological polar surface area (TPSA) is 41.6 Å². The Morgan fingerprint density at radius 3 is 2.81 bits per heavy atom. The zero-order valence-electron chi connectivity index (χ0n) is 13.1. The second kappa shape index (κ2) is 7.18. The summed E-state index contributed by atoms with van der Waals surface area (Å²) in [5.41, 5.74) is 1.02. The Balaban J connectivity index is 2.21. The summed E-state index contributed by atoms with van der Waals surface area (Å²) in [6.07, 6.45) is 3.00. The van der Waals surface area contributed by atoms with Gasteiger partial charge in [0, 0.05) is 17.4 Å². The first-order chi connectivity index (χ1) is 10.1. The highest BCUT2D eigenvalue weighted by Gasteiger charge is 2.38. The first-order valence-electron chi connectivity index (χ1n) is 7.30. The molecule has 3 unspecified atom stereocenters. The zero-order valence-corrected chi connectivity index (χ0v) is 13.9. The molecule has 5 heteroatoms. The molecule has 0 aliphatic carbocycles. The van der Waals surface area contributed by atoms with Crippen molar-refractivity contribution >= 4 is 17.7 Å². The molecule has 3 atom stereocenters. The van der Waals surface area contributed by atoms with Gasteiger partial charge in [0.05, 0.1) is 13.2 Å². The van der Waals surface area contributed by atoms with Gasteiger partial charge >= 0.3 is 0 Å². The summed E-state index contributed by atoms with van der Waals surface area (Å²) in [7, 11) is 1.67. The van der Waals surface area contributed by atoms with Gasteiger partial charge in [-0.05, 0) is 25.7 Å². The van der Waals surface area contributed by atoms with E-state index >= 15 is 0 Å². The quantitative estimate of drug-likeness (QED) is 0.877. The van der Waals surface area contributed by atoms with Crippen molar-refractivity contribution in [3.05, 3.63) is 29.8 Å². The summed E-state index contributed by atoms with van der Waals surface area (Å²) in [6, 6.07) is 7.74. The highest BCUT2D eigenvalue weighted by molar-refractivity contribution is 7.99. The molecule has 1 aliphatic rings. The molecule has 0 spiro atoms. The number of methoxy groups -OCH3 is 1. The van der Waals surface area contributed by atoms with E-state index < -0.39 is 0 Å².